The van der Waals surface area contributed by atoms with E-state index in [4.69, 9.17) is 11.2 Å². The number of hydrogen-bond donors (Lipinski definition) is 0. The van der Waals surface area contributed by atoms with Crippen molar-refractivity contribution in [3.63, 3.8) is 0 Å². The fourth-order valence-corrected chi connectivity index (χ4v) is 4.20. The van der Waals surface area contributed by atoms with Crippen LogP contribution >= 0.6 is 0 Å². The van der Waals surface area contributed by atoms with Gasteiger partial charge in [0.1, 0.15) is 12.1 Å². The molecular weight excluding hydrogens is 400 g/mol. The summed E-state index contributed by atoms with van der Waals surface area (Å²) >= 11 is 0. The Kier molecular flexibility index (Phi) is 6.58. The van der Waals surface area contributed by atoms with E-state index in [1.807, 2.05) is 36.2 Å². The maximum Gasteiger partial charge on any atom is 0.329 e. The summed E-state index contributed by atoms with van der Waals surface area (Å²) in [6.45, 7) is 2.91. The standard InChI is InChI=1S/C26H28N4O2/c1-4-21-16-22(10-11-25(21)32-3)24-18-30(19-27-24)26(31)28(2)23-12-14-29(15-13-23)17-20-8-6-5-7-9-20/h1,5-11,16,18-19,23H,12-15,17H2,2-3H3. The van der Waals surface area contributed by atoms with Gasteiger partial charge >= 0.3 is 6.03 Å². The van der Waals surface area contributed by atoms with Gasteiger partial charge in [-0.2, -0.15) is 0 Å². The number of methoxy groups -OCH3 is 1. The Hall–Kier alpha value is -3.56. The number of benzene rings is 2. The van der Waals surface area contributed by atoms with Gasteiger partial charge in [0.15, 0.2) is 0 Å². The number of likely N-dealkylation sites (tertiary alicyclic amines) is 1. The topological polar surface area (TPSA) is 50.6 Å². The molecule has 0 bridgehead atoms. The lowest BCUT2D eigenvalue weighted by molar-refractivity contribution is 0.132. The largest absolute Gasteiger partial charge is 0.495 e. The summed E-state index contributed by atoms with van der Waals surface area (Å²) in [6, 6.07) is 16.2. The molecule has 3 aromatic rings. The molecule has 1 aliphatic heterocycles. The monoisotopic (exact) mass is 428 g/mol. The highest BCUT2D eigenvalue weighted by atomic mass is 16.5. The minimum Gasteiger partial charge on any atom is -0.495 e. The molecule has 2 heterocycles. The van der Waals surface area contributed by atoms with Crippen LogP contribution in [0.1, 0.15) is 24.0 Å². The third-order valence-corrected chi connectivity index (χ3v) is 6.11. The minimum atomic E-state index is -0.0732. The molecule has 6 heteroatoms. The van der Waals surface area contributed by atoms with Crippen LogP contribution in [-0.4, -0.2) is 58.7 Å². The van der Waals surface area contributed by atoms with Crippen molar-refractivity contribution in [1.82, 2.24) is 19.4 Å². The van der Waals surface area contributed by atoms with Gasteiger partial charge < -0.3 is 9.64 Å². The van der Waals surface area contributed by atoms with Crippen LogP contribution in [0.4, 0.5) is 4.79 Å². The highest BCUT2D eigenvalue weighted by Gasteiger charge is 2.26. The van der Waals surface area contributed by atoms with Crippen LogP contribution in [0.2, 0.25) is 0 Å². The summed E-state index contributed by atoms with van der Waals surface area (Å²) in [5, 5.41) is 0. The lowest BCUT2D eigenvalue weighted by atomic mass is 10.0. The molecule has 1 saturated heterocycles. The van der Waals surface area contributed by atoms with Crippen LogP contribution in [0.3, 0.4) is 0 Å². The van der Waals surface area contributed by atoms with Gasteiger partial charge in [0, 0.05) is 44.5 Å². The second kappa shape index (κ2) is 9.71. The maximum absolute atomic E-state index is 13.1. The molecule has 2 aromatic carbocycles. The van der Waals surface area contributed by atoms with Crippen molar-refractivity contribution in [2.24, 2.45) is 0 Å². The number of imidazole rings is 1. The maximum atomic E-state index is 13.1. The third-order valence-electron chi connectivity index (χ3n) is 6.11. The summed E-state index contributed by atoms with van der Waals surface area (Å²) in [5.41, 5.74) is 3.53. The van der Waals surface area contributed by atoms with E-state index in [1.54, 1.807) is 24.2 Å². The quantitative estimate of drug-likeness (QED) is 0.574. The van der Waals surface area contributed by atoms with E-state index in [1.165, 1.54) is 5.56 Å². The van der Waals surface area contributed by atoms with Gasteiger partial charge in [-0.3, -0.25) is 9.47 Å². The second-order valence-electron chi connectivity index (χ2n) is 8.11. The number of aromatic nitrogens is 2. The molecule has 6 nitrogen and oxygen atoms in total. The average Bonchev–Trinajstić information content (AvgIpc) is 3.34. The van der Waals surface area contributed by atoms with Crippen molar-refractivity contribution in [3.8, 4) is 29.4 Å². The van der Waals surface area contributed by atoms with E-state index in [2.05, 4.69) is 40.1 Å². The van der Waals surface area contributed by atoms with Crippen LogP contribution in [0.25, 0.3) is 11.3 Å². The number of nitrogens with zero attached hydrogens (tertiary/aromatic N) is 4. The van der Waals surface area contributed by atoms with Crippen LogP contribution < -0.4 is 4.74 Å². The third kappa shape index (κ3) is 4.68. The number of carbonyl (C=O) groups excluding carboxylic acids is 1. The zero-order chi connectivity index (χ0) is 22.5. The summed E-state index contributed by atoms with van der Waals surface area (Å²) in [4.78, 5) is 21.8. The van der Waals surface area contributed by atoms with Gasteiger partial charge in [0.25, 0.3) is 0 Å². The summed E-state index contributed by atoms with van der Waals surface area (Å²) in [7, 11) is 3.47. The lowest BCUT2D eigenvalue weighted by Gasteiger charge is -2.36. The van der Waals surface area contributed by atoms with Crippen molar-refractivity contribution in [3.05, 3.63) is 72.2 Å². The second-order valence-corrected chi connectivity index (χ2v) is 8.11. The Morgan fingerprint density at radius 3 is 2.66 bits per heavy atom. The molecule has 0 spiro atoms. The van der Waals surface area contributed by atoms with Crippen LogP contribution in [0.15, 0.2) is 61.1 Å². The fourth-order valence-electron chi connectivity index (χ4n) is 4.20. The number of hydrogen-bond acceptors (Lipinski definition) is 4. The van der Waals surface area contributed by atoms with Crippen molar-refractivity contribution in [2.45, 2.75) is 25.4 Å². The molecule has 0 aliphatic carbocycles. The van der Waals surface area contributed by atoms with E-state index in [0.717, 1.165) is 38.0 Å². The molecule has 1 aliphatic rings. The molecule has 32 heavy (non-hydrogen) atoms. The molecule has 164 valence electrons. The van der Waals surface area contributed by atoms with E-state index in [9.17, 15) is 4.79 Å². The fraction of sp³-hybridized carbons (Fsp3) is 0.308. The highest BCUT2D eigenvalue weighted by molar-refractivity contribution is 5.78. The van der Waals surface area contributed by atoms with E-state index in [-0.39, 0.29) is 12.1 Å². The van der Waals surface area contributed by atoms with Gasteiger partial charge in [-0.1, -0.05) is 36.3 Å². The Bertz CT molecular complexity index is 1110. The van der Waals surface area contributed by atoms with Gasteiger partial charge in [-0.15, -0.1) is 6.42 Å². The molecule has 0 radical (unpaired) electrons. The first kappa shape index (κ1) is 21.7. The first-order chi connectivity index (χ1) is 15.6. The number of ether oxygens (including phenoxy) is 1. The molecule has 1 aromatic heterocycles. The van der Waals surface area contributed by atoms with E-state index in [0.29, 0.717) is 17.0 Å². The molecule has 0 saturated carbocycles. The highest BCUT2D eigenvalue weighted by Crippen LogP contribution is 2.25. The van der Waals surface area contributed by atoms with Gasteiger partial charge in [-0.05, 0) is 36.6 Å². The molecule has 0 atom stereocenters. The average molecular weight is 429 g/mol. The number of rotatable bonds is 5. The summed E-state index contributed by atoms with van der Waals surface area (Å²) in [5.74, 6) is 3.27. The normalized spacial score (nSPS) is 14.7. The van der Waals surface area contributed by atoms with Gasteiger partial charge in [-0.25, -0.2) is 9.78 Å². The minimum absolute atomic E-state index is 0.0732. The predicted octanol–water partition coefficient (Wildman–Crippen LogP) is 4.10. The van der Waals surface area contributed by atoms with Crippen molar-refractivity contribution < 1.29 is 9.53 Å². The first-order valence-corrected chi connectivity index (χ1v) is 10.8. The zero-order valence-corrected chi connectivity index (χ0v) is 18.6. The van der Waals surface area contributed by atoms with Gasteiger partial charge in [0.2, 0.25) is 0 Å². The summed E-state index contributed by atoms with van der Waals surface area (Å²) in [6.07, 6.45) is 10.8. The Labute approximate surface area is 189 Å². The number of terminal acetylenes is 1. The van der Waals surface area contributed by atoms with Crippen LogP contribution in [-0.2, 0) is 6.54 Å². The molecule has 0 N–H and O–H groups in total. The predicted molar refractivity (Wildman–Crippen MR) is 125 cm³/mol. The molecular formula is C26H28N4O2. The van der Waals surface area contributed by atoms with Crippen molar-refractivity contribution in [1.29, 1.82) is 0 Å². The molecule has 1 fully saturated rings. The van der Waals surface area contributed by atoms with Crippen molar-refractivity contribution in [2.75, 3.05) is 27.2 Å². The van der Waals surface area contributed by atoms with E-state index >= 15 is 0 Å². The Balaban J connectivity index is 1.38. The molecule has 4 rings (SSSR count). The smallest absolute Gasteiger partial charge is 0.329 e. The van der Waals surface area contributed by atoms with Crippen molar-refractivity contribution >= 4 is 6.03 Å². The van der Waals surface area contributed by atoms with Gasteiger partial charge in [0.05, 0.1) is 18.4 Å². The number of piperidine rings is 1. The first-order valence-electron chi connectivity index (χ1n) is 10.8. The lowest BCUT2D eigenvalue weighted by Crippen LogP contribution is -2.46. The zero-order valence-electron chi connectivity index (χ0n) is 18.6. The van der Waals surface area contributed by atoms with Crippen LogP contribution in [0, 0.1) is 12.3 Å². The van der Waals surface area contributed by atoms with Crippen LogP contribution in [0.5, 0.6) is 5.75 Å². The number of amides is 1. The molecule has 0 unspecified atom stereocenters. The van der Waals surface area contributed by atoms with E-state index < -0.39 is 0 Å². The summed E-state index contributed by atoms with van der Waals surface area (Å²) < 4.78 is 6.82. The number of carbonyl (C=O) groups is 1. The SMILES string of the molecule is C#Cc1cc(-c2cn(C(=O)N(C)C3CCN(Cc4ccccc4)CC3)cn2)ccc1OC. The Morgan fingerprint density at radius 2 is 1.97 bits per heavy atom. The molecule has 1 amide bonds. The Morgan fingerprint density at radius 1 is 1.22 bits per heavy atom.